The standard InChI is InChI=1S/C19H13ClF3NO3S/c20-17-12-14(13-6-9-16(10-7-13)27-19(21,22)23)8-11-18(17)28(25,26)24-15-4-2-1-3-5-15/h1-12,24H. The predicted molar refractivity (Wildman–Crippen MR) is 101 cm³/mol. The van der Waals surface area contributed by atoms with Crippen LogP contribution in [-0.2, 0) is 10.0 Å². The number of hydrogen-bond acceptors (Lipinski definition) is 3. The molecule has 0 saturated carbocycles. The van der Waals surface area contributed by atoms with Gasteiger partial charge in [-0.2, -0.15) is 0 Å². The fourth-order valence-electron chi connectivity index (χ4n) is 2.46. The van der Waals surface area contributed by atoms with E-state index in [1.54, 1.807) is 30.3 Å². The zero-order valence-electron chi connectivity index (χ0n) is 14.1. The highest BCUT2D eigenvalue weighted by Gasteiger charge is 2.31. The Labute approximate surface area is 164 Å². The summed E-state index contributed by atoms with van der Waals surface area (Å²) in [5, 5.41) is -0.0171. The number of halogens is 4. The average Bonchev–Trinajstić information content (AvgIpc) is 2.61. The number of para-hydroxylation sites is 1. The molecule has 0 spiro atoms. The molecule has 28 heavy (non-hydrogen) atoms. The van der Waals surface area contributed by atoms with Crippen LogP contribution in [0.2, 0.25) is 5.02 Å². The monoisotopic (exact) mass is 427 g/mol. The van der Waals surface area contributed by atoms with Crippen molar-refractivity contribution in [2.75, 3.05) is 4.72 Å². The van der Waals surface area contributed by atoms with E-state index in [4.69, 9.17) is 11.6 Å². The summed E-state index contributed by atoms with van der Waals surface area (Å²) in [6, 6.07) is 17.8. The van der Waals surface area contributed by atoms with Gasteiger partial charge in [0.15, 0.2) is 0 Å². The van der Waals surface area contributed by atoms with Crippen molar-refractivity contribution < 1.29 is 26.3 Å². The molecular weight excluding hydrogens is 415 g/mol. The average molecular weight is 428 g/mol. The van der Waals surface area contributed by atoms with E-state index in [1.807, 2.05) is 0 Å². The molecule has 0 aromatic heterocycles. The van der Waals surface area contributed by atoms with Gasteiger partial charge in [-0.15, -0.1) is 13.2 Å². The summed E-state index contributed by atoms with van der Waals surface area (Å²) in [6.07, 6.45) is -4.77. The maximum Gasteiger partial charge on any atom is 0.573 e. The van der Waals surface area contributed by atoms with Crippen LogP contribution in [0.25, 0.3) is 11.1 Å². The molecule has 1 N–H and O–H groups in total. The minimum atomic E-state index is -4.77. The summed E-state index contributed by atoms with van der Waals surface area (Å²) in [6.45, 7) is 0. The smallest absolute Gasteiger partial charge is 0.406 e. The van der Waals surface area contributed by atoms with Crippen molar-refractivity contribution >= 4 is 27.3 Å². The number of sulfonamides is 1. The molecule has 3 rings (SSSR count). The Hall–Kier alpha value is -2.71. The summed E-state index contributed by atoms with van der Waals surface area (Å²) >= 11 is 6.16. The topological polar surface area (TPSA) is 55.4 Å². The second-order valence-electron chi connectivity index (χ2n) is 5.69. The van der Waals surface area contributed by atoms with Crippen molar-refractivity contribution in [2.45, 2.75) is 11.3 Å². The second kappa shape index (κ2) is 7.73. The summed E-state index contributed by atoms with van der Waals surface area (Å²) in [5.74, 6) is -0.353. The van der Waals surface area contributed by atoms with Crippen molar-refractivity contribution in [2.24, 2.45) is 0 Å². The molecule has 3 aromatic rings. The first-order chi connectivity index (χ1) is 13.1. The first-order valence-corrected chi connectivity index (χ1v) is 9.74. The van der Waals surface area contributed by atoms with Crippen LogP contribution < -0.4 is 9.46 Å². The van der Waals surface area contributed by atoms with Crippen LogP contribution in [0, 0.1) is 0 Å². The third-order valence-electron chi connectivity index (χ3n) is 3.67. The highest BCUT2D eigenvalue weighted by molar-refractivity contribution is 7.92. The number of anilines is 1. The summed E-state index contributed by atoms with van der Waals surface area (Å²) in [7, 11) is -3.90. The summed E-state index contributed by atoms with van der Waals surface area (Å²) < 4.78 is 68.0. The molecule has 146 valence electrons. The Morgan fingerprint density at radius 1 is 0.857 bits per heavy atom. The first-order valence-electron chi connectivity index (χ1n) is 7.88. The first kappa shape index (κ1) is 20.0. The fourth-order valence-corrected chi connectivity index (χ4v) is 4.07. The van der Waals surface area contributed by atoms with Crippen molar-refractivity contribution in [1.82, 2.24) is 0 Å². The van der Waals surface area contributed by atoms with Gasteiger partial charge in [0.05, 0.1) is 5.02 Å². The van der Waals surface area contributed by atoms with Gasteiger partial charge in [-0.05, 0) is 47.5 Å². The molecule has 0 radical (unpaired) electrons. The highest BCUT2D eigenvalue weighted by atomic mass is 35.5. The Kier molecular flexibility index (Phi) is 5.53. The van der Waals surface area contributed by atoms with Gasteiger partial charge in [-0.25, -0.2) is 8.42 Å². The molecular formula is C19H13ClF3NO3S. The number of alkyl halides is 3. The van der Waals surface area contributed by atoms with Gasteiger partial charge in [-0.3, -0.25) is 4.72 Å². The van der Waals surface area contributed by atoms with Crippen molar-refractivity contribution in [3.8, 4) is 16.9 Å². The van der Waals surface area contributed by atoms with Gasteiger partial charge >= 0.3 is 6.36 Å². The van der Waals surface area contributed by atoms with E-state index in [9.17, 15) is 21.6 Å². The zero-order chi connectivity index (χ0) is 20.4. The van der Waals surface area contributed by atoms with E-state index < -0.39 is 16.4 Å². The number of rotatable bonds is 5. The number of nitrogens with one attached hydrogen (secondary N) is 1. The quantitative estimate of drug-likeness (QED) is 0.567. The van der Waals surface area contributed by atoms with E-state index >= 15 is 0 Å². The Balaban J connectivity index is 1.84. The van der Waals surface area contributed by atoms with Gasteiger partial charge in [-0.1, -0.05) is 48.0 Å². The molecule has 0 aliphatic rings. The second-order valence-corrected chi connectivity index (χ2v) is 7.75. The maximum absolute atomic E-state index is 12.5. The lowest BCUT2D eigenvalue weighted by Gasteiger charge is -2.12. The van der Waals surface area contributed by atoms with Crippen molar-refractivity contribution in [3.05, 3.63) is 77.8 Å². The lowest BCUT2D eigenvalue weighted by molar-refractivity contribution is -0.274. The van der Waals surface area contributed by atoms with E-state index in [-0.39, 0.29) is 15.7 Å². The third kappa shape index (κ3) is 4.96. The van der Waals surface area contributed by atoms with Crippen LogP contribution in [0.5, 0.6) is 5.75 Å². The van der Waals surface area contributed by atoms with Gasteiger partial charge in [0.2, 0.25) is 0 Å². The minimum Gasteiger partial charge on any atom is -0.406 e. The molecule has 0 fully saturated rings. The van der Waals surface area contributed by atoms with E-state index in [1.165, 1.54) is 42.5 Å². The van der Waals surface area contributed by atoms with Crippen LogP contribution in [0.4, 0.5) is 18.9 Å². The molecule has 0 heterocycles. The lowest BCUT2D eigenvalue weighted by Crippen LogP contribution is -2.16. The number of benzene rings is 3. The molecule has 0 unspecified atom stereocenters. The lowest BCUT2D eigenvalue weighted by atomic mass is 10.1. The number of ether oxygens (including phenoxy) is 1. The zero-order valence-corrected chi connectivity index (χ0v) is 15.6. The largest absolute Gasteiger partial charge is 0.573 e. The van der Waals surface area contributed by atoms with Gasteiger partial charge in [0.25, 0.3) is 10.0 Å². The van der Waals surface area contributed by atoms with Crippen LogP contribution in [-0.4, -0.2) is 14.8 Å². The molecule has 0 bridgehead atoms. The van der Waals surface area contributed by atoms with Crippen molar-refractivity contribution in [1.29, 1.82) is 0 Å². The fraction of sp³-hybridized carbons (Fsp3) is 0.0526. The molecule has 4 nitrogen and oxygen atoms in total. The van der Waals surface area contributed by atoms with E-state index in [2.05, 4.69) is 9.46 Å². The molecule has 0 saturated heterocycles. The SMILES string of the molecule is O=S(=O)(Nc1ccccc1)c1ccc(-c2ccc(OC(F)(F)F)cc2)cc1Cl. The van der Waals surface area contributed by atoms with Gasteiger partial charge in [0, 0.05) is 5.69 Å². The third-order valence-corrected chi connectivity index (χ3v) is 5.53. The van der Waals surface area contributed by atoms with Crippen LogP contribution in [0.1, 0.15) is 0 Å². The van der Waals surface area contributed by atoms with E-state index in [0.717, 1.165) is 0 Å². The number of hydrogen-bond donors (Lipinski definition) is 1. The molecule has 3 aromatic carbocycles. The van der Waals surface area contributed by atoms with E-state index in [0.29, 0.717) is 16.8 Å². The molecule has 9 heteroatoms. The molecule has 0 aliphatic carbocycles. The maximum atomic E-state index is 12.5. The van der Waals surface area contributed by atoms with Crippen molar-refractivity contribution in [3.63, 3.8) is 0 Å². The van der Waals surface area contributed by atoms with Gasteiger partial charge in [0.1, 0.15) is 10.6 Å². The predicted octanol–water partition coefficient (Wildman–Crippen LogP) is 5.71. The Bertz CT molecular complexity index is 1070. The molecule has 0 atom stereocenters. The Morgan fingerprint density at radius 3 is 2.04 bits per heavy atom. The summed E-state index contributed by atoms with van der Waals surface area (Å²) in [4.78, 5) is -0.112. The van der Waals surface area contributed by atoms with Crippen LogP contribution in [0.3, 0.4) is 0 Å². The van der Waals surface area contributed by atoms with Crippen LogP contribution >= 0.6 is 11.6 Å². The molecule has 0 amide bonds. The summed E-state index contributed by atoms with van der Waals surface area (Å²) in [5.41, 5.74) is 1.49. The normalized spacial score (nSPS) is 11.9. The minimum absolute atomic E-state index is 0.0171. The Morgan fingerprint density at radius 2 is 1.46 bits per heavy atom. The molecule has 0 aliphatic heterocycles. The van der Waals surface area contributed by atoms with Gasteiger partial charge < -0.3 is 4.74 Å². The van der Waals surface area contributed by atoms with Crippen LogP contribution in [0.15, 0.2) is 77.7 Å². The highest BCUT2D eigenvalue weighted by Crippen LogP contribution is 2.31.